The maximum atomic E-state index is 12.3. The third-order valence-electron chi connectivity index (χ3n) is 3.70. The SMILES string of the molecule is Cc1cc(S(=O)(=O)NC2CCC(C)(C)C2)sc1CO. The monoisotopic (exact) mass is 303 g/mol. The average Bonchev–Trinajstić information content (AvgIpc) is 2.81. The number of hydrogen-bond donors (Lipinski definition) is 2. The van der Waals surface area contributed by atoms with E-state index in [9.17, 15) is 8.42 Å². The summed E-state index contributed by atoms with van der Waals surface area (Å²) in [6, 6.07) is 1.67. The highest BCUT2D eigenvalue weighted by Gasteiger charge is 2.34. The van der Waals surface area contributed by atoms with Crippen LogP contribution in [0.1, 0.15) is 43.6 Å². The number of rotatable bonds is 4. The first kappa shape index (κ1) is 15.0. The Balaban J connectivity index is 2.14. The Labute approximate surface area is 118 Å². The van der Waals surface area contributed by atoms with Crippen LogP contribution < -0.4 is 4.72 Å². The Bertz CT molecular complexity index is 560. The number of aliphatic hydroxyl groups excluding tert-OH is 1. The van der Waals surface area contributed by atoms with Gasteiger partial charge in [0.1, 0.15) is 4.21 Å². The number of sulfonamides is 1. The van der Waals surface area contributed by atoms with E-state index < -0.39 is 10.0 Å². The molecule has 1 atom stereocenters. The molecule has 6 heteroatoms. The molecular weight excluding hydrogens is 282 g/mol. The molecule has 0 bridgehead atoms. The summed E-state index contributed by atoms with van der Waals surface area (Å²) in [5.74, 6) is 0. The van der Waals surface area contributed by atoms with Gasteiger partial charge in [-0.1, -0.05) is 13.8 Å². The van der Waals surface area contributed by atoms with Gasteiger partial charge < -0.3 is 5.11 Å². The molecule has 4 nitrogen and oxygen atoms in total. The fourth-order valence-electron chi connectivity index (χ4n) is 2.59. The normalized spacial score (nSPS) is 22.8. The minimum atomic E-state index is -3.45. The lowest BCUT2D eigenvalue weighted by atomic mass is 9.92. The molecule has 1 aliphatic carbocycles. The molecular formula is C13H21NO3S2. The molecule has 1 aromatic rings. The number of aryl methyl sites for hydroxylation is 1. The highest BCUT2D eigenvalue weighted by Crippen LogP contribution is 2.37. The first-order chi connectivity index (χ1) is 8.73. The number of hydrogen-bond acceptors (Lipinski definition) is 4. The van der Waals surface area contributed by atoms with Gasteiger partial charge in [-0.2, -0.15) is 0 Å². The zero-order valence-corrected chi connectivity index (χ0v) is 13.2. The van der Waals surface area contributed by atoms with E-state index in [4.69, 9.17) is 5.11 Å². The van der Waals surface area contributed by atoms with E-state index in [0.29, 0.717) is 9.09 Å². The van der Waals surface area contributed by atoms with Gasteiger partial charge in [-0.05, 0) is 43.2 Å². The minimum Gasteiger partial charge on any atom is -0.391 e. The third kappa shape index (κ3) is 3.37. The third-order valence-corrected chi connectivity index (χ3v) is 6.91. The molecule has 2 rings (SSSR count). The molecule has 0 spiro atoms. The van der Waals surface area contributed by atoms with Crippen LogP contribution in [0.3, 0.4) is 0 Å². The molecule has 0 radical (unpaired) electrons. The molecule has 0 aliphatic heterocycles. The molecule has 0 amide bonds. The number of aliphatic hydroxyl groups is 1. The lowest BCUT2D eigenvalue weighted by Crippen LogP contribution is -2.33. The molecule has 0 saturated heterocycles. The largest absolute Gasteiger partial charge is 0.391 e. The molecule has 19 heavy (non-hydrogen) atoms. The van der Waals surface area contributed by atoms with Gasteiger partial charge in [-0.15, -0.1) is 11.3 Å². The Morgan fingerprint density at radius 3 is 2.68 bits per heavy atom. The van der Waals surface area contributed by atoms with Gasteiger partial charge in [0.05, 0.1) is 6.61 Å². The van der Waals surface area contributed by atoms with E-state index in [1.165, 1.54) is 0 Å². The summed E-state index contributed by atoms with van der Waals surface area (Å²) in [7, 11) is -3.45. The van der Waals surface area contributed by atoms with Crippen LogP contribution in [-0.2, 0) is 16.6 Å². The highest BCUT2D eigenvalue weighted by atomic mass is 32.2. The first-order valence-corrected chi connectivity index (χ1v) is 8.76. The van der Waals surface area contributed by atoms with Crippen molar-refractivity contribution in [3.8, 4) is 0 Å². The highest BCUT2D eigenvalue weighted by molar-refractivity contribution is 7.91. The second-order valence-corrected chi connectivity index (χ2v) is 9.13. The van der Waals surface area contributed by atoms with Crippen LogP contribution >= 0.6 is 11.3 Å². The van der Waals surface area contributed by atoms with E-state index in [0.717, 1.165) is 36.2 Å². The summed E-state index contributed by atoms with van der Waals surface area (Å²) in [5.41, 5.74) is 1.05. The lowest BCUT2D eigenvalue weighted by Gasteiger charge is -2.17. The molecule has 0 aromatic carbocycles. The van der Waals surface area contributed by atoms with Crippen molar-refractivity contribution < 1.29 is 13.5 Å². The molecule has 1 aromatic heterocycles. The predicted molar refractivity (Wildman–Crippen MR) is 76.7 cm³/mol. The summed E-state index contributed by atoms with van der Waals surface area (Å²) in [4.78, 5) is 0.715. The lowest BCUT2D eigenvalue weighted by molar-refractivity contribution is 0.285. The average molecular weight is 303 g/mol. The van der Waals surface area contributed by atoms with Gasteiger partial charge in [-0.25, -0.2) is 13.1 Å². The first-order valence-electron chi connectivity index (χ1n) is 6.46. The summed E-state index contributed by atoms with van der Waals surface area (Å²) in [6.07, 6.45) is 2.82. The van der Waals surface area contributed by atoms with E-state index in [-0.39, 0.29) is 18.1 Å². The van der Waals surface area contributed by atoms with E-state index in [1.807, 2.05) is 6.92 Å². The molecule has 1 fully saturated rings. The predicted octanol–water partition coefficient (Wildman–Crippen LogP) is 2.41. The molecule has 1 aliphatic rings. The number of thiophene rings is 1. The van der Waals surface area contributed by atoms with Crippen molar-refractivity contribution in [2.24, 2.45) is 5.41 Å². The van der Waals surface area contributed by atoms with Crippen molar-refractivity contribution >= 4 is 21.4 Å². The number of nitrogens with one attached hydrogen (secondary N) is 1. The van der Waals surface area contributed by atoms with E-state index in [1.54, 1.807) is 6.07 Å². The Morgan fingerprint density at radius 1 is 1.53 bits per heavy atom. The molecule has 2 N–H and O–H groups in total. The van der Waals surface area contributed by atoms with Gasteiger partial charge in [0.2, 0.25) is 10.0 Å². The van der Waals surface area contributed by atoms with Crippen LogP contribution in [0.25, 0.3) is 0 Å². The van der Waals surface area contributed by atoms with Gasteiger partial charge in [0, 0.05) is 10.9 Å². The maximum Gasteiger partial charge on any atom is 0.250 e. The molecule has 1 heterocycles. The van der Waals surface area contributed by atoms with Crippen LogP contribution in [0, 0.1) is 12.3 Å². The second-order valence-electron chi connectivity index (χ2n) is 6.05. The molecule has 1 unspecified atom stereocenters. The summed E-state index contributed by atoms with van der Waals surface area (Å²) in [5, 5.41) is 9.15. The van der Waals surface area contributed by atoms with Crippen molar-refractivity contribution in [1.29, 1.82) is 0 Å². The fourth-order valence-corrected chi connectivity index (χ4v) is 5.33. The Morgan fingerprint density at radius 2 is 2.21 bits per heavy atom. The maximum absolute atomic E-state index is 12.3. The van der Waals surface area contributed by atoms with E-state index in [2.05, 4.69) is 18.6 Å². The zero-order valence-electron chi connectivity index (χ0n) is 11.6. The van der Waals surface area contributed by atoms with Crippen LogP contribution in [0.2, 0.25) is 0 Å². The fraction of sp³-hybridized carbons (Fsp3) is 0.692. The molecule has 108 valence electrons. The summed E-state index contributed by atoms with van der Waals surface area (Å²) in [6.45, 7) is 6.04. The smallest absolute Gasteiger partial charge is 0.250 e. The van der Waals surface area contributed by atoms with Gasteiger partial charge in [-0.3, -0.25) is 0 Å². The van der Waals surface area contributed by atoms with Crippen molar-refractivity contribution in [2.45, 2.75) is 56.9 Å². The molecule has 1 saturated carbocycles. The van der Waals surface area contributed by atoms with Gasteiger partial charge in [0.25, 0.3) is 0 Å². The van der Waals surface area contributed by atoms with Crippen LogP contribution in [0.15, 0.2) is 10.3 Å². The van der Waals surface area contributed by atoms with Gasteiger partial charge in [0.15, 0.2) is 0 Å². The Hall–Kier alpha value is -0.430. The quantitative estimate of drug-likeness (QED) is 0.897. The standard InChI is InChI=1S/C13H21NO3S2/c1-9-6-12(18-11(9)8-15)19(16,17)14-10-4-5-13(2,3)7-10/h6,10,14-15H,4-5,7-8H2,1-3H3. The van der Waals surface area contributed by atoms with E-state index >= 15 is 0 Å². The van der Waals surface area contributed by atoms with Crippen LogP contribution in [-0.4, -0.2) is 19.6 Å². The second kappa shape index (κ2) is 5.16. The zero-order chi connectivity index (χ0) is 14.3. The van der Waals surface area contributed by atoms with Crippen molar-refractivity contribution in [3.05, 3.63) is 16.5 Å². The minimum absolute atomic E-state index is 0.0278. The topological polar surface area (TPSA) is 66.4 Å². The summed E-state index contributed by atoms with van der Waals surface area (Å²) < 4.78 is 27.7. The van der Waals surface area contributed by atoms with Crippen LogP contribution in [0.5, 0.6) is 0 Å². The van der Waals surface area contributed by atoms with Crippen molar-refractivity contribution in [2.75, 3.05) is 0 Å². The Kier molecular flexibility index (Phi) is 4.07. The van der Waals surface area contributed by atoms with Crippen molar-refractivity contribution in [1.82, 2.24) is 4.72 Å². The summed E-state index contributed by atoms with van der Waals surface area (Å²) >= 11 is 1.15. The van der Waals surface area contributed by atoms with Crippen LogP contribution in [0.4, 0.5) is 0 Å². The van der Waals surface area contributed by atoms with Gasteiger partial charge >= 0.3 is 0 Å². The van der Waals surface area contributed by atoms with Crippen molar-refractivity contribution in [3.63, 3.8) is 0 Å².